The van der Waals surface area contributed by atoms with Gasteiger partial charge < -0.3 is 5.11 Å². The fourth-order valence-electron chi connectivity index (χ4n) is 3.18. The molecule has 0 aliphatic heterocycles. The Hall–Kier alpha value is -2.81. The minimum Gasteiger partial charge on any atom is -0.481 e. The van der Waals surface area contributed by atoms with Crippen LogP contribution < -0.4 is 0 Å². The van der Waals surface area contributed by atoms with Crippen LogP contribution in [0.5, 0.6) is 0 Å². The highest BCUT2D eigenvalue weighted by Gasteiger charge is 2.35. The van der Waals surface area contributed by atoms with E-state index in [4.69, 9.17) is 28.3 Å². The average molecular weight is 497 g/mol. The first-order valence-electron chi connectivity index (χ1n) is 9.14. The van der Waals surface area contributed by atoms with Crippen LogP contribution in [0, 0.1) is 0 Å². The number of carbonyl (C=O) groups is 1. The summed E-state index contributed by atoms with van der Waals surface area (Å²) in [6, 6.07) is 14.2. The zero-order valence-corrected chi connectivity index (χ0v) is 18.4. The third kappa shape index (κ3) is 4.67. The van der Waals surface area contributed by atoms with Gasteiger partial charge in [0.15, 0.2) is 5.69 Å². The summed E-state index contributed by atoms with van der Waals surface area (Å²) in [5, 5.41) is 15.1. The number of carboxylic acid groups (broad SMARTS) is 1. The number of thiophene rings is 1. The van der Waals surface area contributed by atoms with Crippen LogP contribution in [0.25, 0.3) is 27.4 Å². The Bertz CT molecular complexity index is 1310. The Kier molecular flexibility index (Phi) is 6.03. The van der Waals surface area contributed by atoms with E-state index in [1.54, 1.807) is 29.6 Å². The lowest BCUT2D eigenvalue weighted by molar-refractivity contribution is -0.141. The van der Waals surface area contributed by atoms with Crippen molar-refractivity contribution in [3.8, 4) is 27.4 Å². The van der Waals surface area contributed by atoms with Crippen molar-refractivity contribution in [2.75, 3.05) is 0 Å². The molecule has 32 heavy (non-hydrogen) atoms. The predicted octanol–water partition coefficient (Wildman–Crippen LogP) is 7.22. The lowest BCUT2D eigenvalue weighted by atomic mass is 10.0. The smallest absolute Gasteiger partial charge is 0.435 e. The molecule has 2 aromatic heterocycles. The van der Waals surface area contributed by atoms with Crippen LogP contribution in [-0.4, -0.2) is 20.9 Å². The van der Waals surface area contributed by atoms with E-state index < -0.39 is 17.8 Å². The number of halogens is 5. The maximum absolute atomic E-state index is 13.4. The largest absolute Gasteiger partial charge is 0.481 e. The number of benzene rings is 2. The number of rotatable bonds is 5. The average Bonchev–Trinajstić information content (AvgIpc) is 3.36. The first-order chi connectivity index (χ1) is 15.1. The summed E-state index contributed by atoms with van der Waals surface area (Å²) >= 11 is 13.5. The zero-order chi connectivity index (χ0) is 23.0. The van der Waals surface area contributed by atoms with Gasteiger partial charge in [0.05, 0.1) is 27.7 Å². The Morgan fingerprint density at radius 2 is 1.84 bits per heavy atom. The van der Waals surface area contributed by atoms with E-state index in [0.29, 0.717) is 15.5 Å². The molecule has 0 atom stereocenters. The van der Waals surface area contributed by atoms with E-state index in [9.17, 15) is 18.0 Å². The molecule has 4 aromatic rings. The molecule has 0 bridgehead atoms. The Morgan fingerprint density at radius 3 is 2.56 bits per heavy atom. The van der Waals surface area contributed by atoms with Crippen molar-refractivity contribution in [3.63, 3.8) is 0 Å². The van der Waals surface area contributed by atoms with Crippen LogP contribution in [-0.2, 0) is 17.4 Å². The summed E-state index contributed by atoms with van der Waals surface area (Å²) in [5.41, 5.74) is 1.51. The van der Waals surface area contributed by atoms with Crippen LogP contribution in [0.3, 0.4) is 0 Å². The van der Waals surface area contributed by atoms with Gasteiger partial charge in [-0.1, -0.05) is 47.5 Å². The van der Waals surface area contributed by atoms with Crippen LogP contribution in [0.15, 0.2) is 60.0 Å². The highest BCUT2D eigenvalue weighted by atomic mass is 35.5. The molecule has 0 spiro atoms. The Balaban J connectivity index is 1.81. The SMILES string of the molecule is O=C(O)Cc1cccc(-c2csc(-c3cc(C(F)(F)F)nn3-c3cc(Cl)ccc3Cl)c2)c1. The second-order valence-electron chi connectivity index (χ2n) is 6.89. The fourth-order valence-corrected chi connectivity index (χ4v) is 4.47. The van der Waals surface area contributed by atoms with Crippen molar-refractivity contribution >= 4 is 40.5 Å². The van der Waals surface area contributed by atoms with E-state index in [1.807, 2.05) is 6.07 Å². The van der Waals surface area contributed by atoms with Gasteiger partial charge in [-0.05, 0) is 52.4 Å². The number of aromatic nitrogens is 2. The third-order valence-electron chi connectivity index (χ3n) is 4.60. The van der Waals surface area contributed by atoms with Crippen molar-refractivity contribution in [1.82, 2.24) is 9.78 Å². The molecular formula is C22H13Cl2F3N2O2S. The first-order valence-corrected chi connectivity index (χ1v) is 10.8. The van der Waals surface area contributed by atoms with Crippen molar-refractivity contribution in [3.05, 3.63) is 81.3 Å². The highest BCUT2D eigenvalue weighted by Crippen LogP contribution is 2.39. The quantitative estimate of drug-likeness (QED) is 0.317. The maximum Gasteiger partial charge on any atom is 0.435 e. The lowest BCUT2D eigenvalue weighted by Gasteiger charge is -2.09. The third-order valence-corrected chi connectivity index (χ3v) is 6.11. The number of hydrogen-bond donors (Lipinski definition) is 1. The highest BCUT2D eigenvalue weighted by molar-refractivity contribution is 7.14. The summed E-state index contributed by atoms with van der Waals surface area (Å²) in [5.74, 6) is -0.949. The summed E-state index contributed by atoms with van der Waals surface area (Å²) in [4.78, 5) is 11.5. The first kappa shape index (κ1) is 22.4. The van der Waals surface area contributed by atoms with E-state index in [0.717, 1.165) is 21.9 Å². The second kappa shape index (κ2) is 8.61. The standard InChI is InChI=1S/C22H13Cl2F3N2O2S/c23-15-4-5-16(24)17(9-15)29-18(10-20(28-29)22(25,26)27)19-8-14(11-32-19)13-3-1-2-12(6-13)7-21(30)31/h1-6,8-11H,7H2,(H,30,31). The molecule has 0 aliphatic carbocycles. The predicted molar refractivity (Wildman–Crippen MR) is 119 cm³/mol. The molecule has 1 N–H and O–H groups in total. The fraction of sp³-hybridized carbons (Fsp3) is 0.0909. The molecule has 0 unspecified atom stereocenters. The maximum atomic E-state index is 13.4. The van der Waals surface area contributed by atoms with Gasteiger partial charge in [0.2, 0.25) is 0 Å². The topological polar surface area (TPSA) is 55.1 Å². The molecule has 164 valence electrons. The monoisotopic (exact) mass is 496 g/mol. The molecule has 10 heteroatoms. The van der Waals surface area contributed by atoms with Gasteiger partial charge in [-0.25, -0.2) is 4.68 Å². The van der Waals surface area contributed by atoms with Crippen LogP contribution in [0.2, 0.25) is 10.0 Å². The Labute approximate surface area is 194 Å². The van der Waals surface area contributed by atoms with Crippen molar-refractivity contribution in [1.29, 1.82) is 0 Å². The van der Waals surface area contributed by atoms with E-state index >= 15 is 0 Å². The summed E-state index contributed by atoms with van der Waals surface area (Å²) in [6.45, 7) is 0. The van der Waals surface area contributed by atoms with E-state index in [2.05, 4.69) is 5.10 Å². The molecule has 0 saturated heterocycles. The minimum absolute atomic E-state index is 0.125. The molecule has 0 amide bonds. The van der Waals surface area contributed by atoms with Gasteiger partial charge in [0.25, 0.3) is 0 Å². The molecule has 0 aliphatic rings. The number of aliphatic carboxylic acids is 1. The number of carboxylic acids is 1. The molecule has 0 saturated carbocycles. The van der Waals surface area contributed by atoms with E-state index in [-0.39, 0.29) is 22.8 Å². The second-order valence-corrected chi connectivity index (χ2v) is 8.65. The summed E-state index contributed by atoms with van der Waals surface area (Å²) in [6.07, 6.45) is -4.77. The molecule has 4 nitrogen and oxygen atoms in total. The van der Waals surface area contributed by atoms with Crippen LogP contribution in [0.1, 0.15) is 11.3 Å². The summed E-state index contributed by atoms with van der Waals surface area (Å²) in [7, 11) is 0. The van der Waals surface area contributed by atoms with Crippen molar-refractivity contribution in [2.45, 2.75) is 12.6 Å². The van der Waals surface area contributed by atoms with E-state index in [1.165, 1.54) is 29.5 Å². The molecule has 2 aromatic carbocycles. The molecular weight excluding hydrogens is 484 g/mol. The van der Waals surface area contributed by atoms with Crippen molar-refractivity contribution in [2.24, 2.45) is 0 Å². The molecule has 2 heterocycles. The van der Waals surface area contributed by atoms with Gasteiger partial charge in [0, 0.05) is 5.02 Å². The minimum atomic E-state index is -4.64. The van der Waals surface area contributed by atoms with Crippen LogP contribution >= 0.6 is 34.5 Å². The lowest BCUT2D eigenvalue weighted by Crippen LogP contribution is -2.07. The van der Waals surface area contributed by atoms with Gasteiger partial charge in [-0.2, -0.15) is 18.3 Å². The van der Waals surface area contributed by atoms with Gasteiger partial charge in [-0.15, -0.1) is 11.3 Å². The normalized spacial score (nSPS) is 11.7. The number of nitrogens with zero attached hydrogens (tertiary/aromatic N) is 2. The van der Waals surface area contributed by atoms with Gasteiger partial charge in [0.1, 0.15) is 0 Å². The van der Waals surface area contributed by atoms with Crippen LogP contribution in [0.4, 0.5) is 13.2 Å². The molecule has 4 rings (SSSR count). The summed E-state index contributed by atoms with van der Waals surface area (Å²) < 4.78 is 41.4. The molecule has 0 fully saturated rings. The zero-order valence-electron chi connectivity index (χ0n) is 16.0. The molecule has 0 radical (unpaired) electrons. The number of hydrogen-bond acceptors (Lipinski definition) is 3. The van der Waals surface area contributed by atoms with Gasteiger partial charge >= 0.3 is 12.1 Å². The number of alkyl halides is 3. The Morgan fingerprint density at radius 1 is 1.06 bits per heavy atom. The van der Waals surface area contributed by atoms with Crippen molar-refractivity contribution < 1.29 is 23.1 Å². The van der Waals surface area contributed by atoms with Gasteiger partial charge in [-0.3, -0.25) is 4.79 Å².